The van der Waals surface area contributed by atoms with Crippen molar-refractivity contribution in [2.24, 2.45) is 0 Å². The number of anilines is 1. The lowest BCUT2D eigenvalue weighted by atomic mass is 10.1. The number of fused-ring (bicyclic) bond motifs is 1. The Balaban J connectivity index is 1.82. The molecule has 1 heterocycles. The minimum absolute atomic E-state index is 0.325. The van der Waals surface area contributed by atoms with Gasteiger partial charge >= 0.3 is 0 Å². The van der Waals surface area contributed by atoms with Gasteiger partial charge < -0.3 is 10.5 Å². The largest absolute Gasteiger partial charge is 0.488 e. The SMILES string of the molecule is Nc1c(OC2CCCCCC2)ccc2scnc12. The molecule has 1 aliphatic carbocycles. The average Bonchev–Trinajstić information content (AvgIpc) is 2.71. The van der Waals surface area contributed by atoms with Gasteiger partial charge in [-0.25, -0.2) is 4.98 Å². The predicted molar refractivity (Wildman–Crippen MR) is 76.2 cm³/mol. The van der Waals surface area contributed by atoms with Crippen LogP contribution in [0.15, 0.2) is 17.6 Å². The quantitative estimate of drug-likeness (QED) is 0.658. The fourth-order valence-corrected chi connectivity index (χ4v) is 3.27. The Bertz CT molecular complexity index is 530. The maximum absolute atomic E-state index is 6.14. The van der Waals surface area contributed by atoms with Crippen LogP contribution in [0.4, 0.5) is 5.69 Å². The van der Waals surface area contributed by atoms with E-state index in [1.165, 1.54) is 25.7 Å². The fraction of sp³-hybridized carbons (Fsp3) is 0.500. The second-order valence-electron chi connectivity index (χ2n) is 4.91. The van der Waals surface area contributed by atoms with Crippen molar-refractivity contribution in [2.75, 3.05) is 5.73 Å². The van der Waals surface area contributed by atoms with Gasteiger partial charge in [-0.05, 0) is 37.8 Å². The summed E-state index contributed by atoms with van der Waals surface area (Å²) in [5.74, 6) is 0.806. The molecule has 1 aromatic carbocycles. The molecule has 3 nitrogen and oxygen atoms in total. The van der Waals surface area contributed by atoms with Crippen molar-refractivity contribution < 1.29 is 4.74 Å². The molecule has 0 saturated heterocycles. The Morgan fingerprint density at radius 3 is 2.72 bits per heavy atom. The average molecular weight is 262 g/mol. The second-order valence-corrected chi connectivity index (χ2v) is 5.79. The number of aromatic nitrogens is 1. The Kier molecular flexibility index (Phi) is 3.37. The van der Waals surface area contributed by atoms with E-state index in [-0.39, 0.29) is 0 Å². The van der Waals surface area contributed by atoms with Crippen molar-refractivity contribution in [3.8, 4) is 5.75 Å². The molecule has 0 spiro atoms. The first-order chi connectivity index (χ1) is 8.84. The molecule has 1 saturated carbocycles. The summed E-state index contributed by atoms with van der Waals surface area (Å²) in [4.78, 5) is 4.30. The number of hydrogen-bond donors (Lipinski definition) is 1. The Hall–Kier alpha value is -1.29. The van der Waals surface area contributed by atoms with Crippen LogP contribution in [0.1, 0.15) is 38.5 Å². The van der Waals surface area contributed by atoms with E-state index in [2.05, 4.69) is 11.1 Å². The lowest BCUT2D eigenvalue weighted by Crippen LogP contribution is -2.15. The summed E-state index contributed by atoms with van der Waals surface area (Å²) in [5.41, 5.74) is 9.54. The van der Waals surface area contributed by atoms with Gasteiger partial charge in [0.05, 0.1) is 16.3 Å². The van der Waals surface area contributed by atoms with E-state index >= 15 is 0 Å². The first-order valence-electron chi connectivity index (χ1n) is 6.63. The summed E-state index contributed by atoms with van der Waals surface area (Å²) in [6, 6.07) is 4.04. The number of nitrogens with zero attached hydrogens (tertiary/aromatic N) is 1. The van der Waals surface area contributed by atoms with Crippen molar-refractivity contribution >= 4 is 27.2 Å². The van der Waals surface area contributed by atoms with Gasteiger partial charge in [-0.1, -0.05) is 12.8 Å². The molecule has 0 bridgehead atoms. The van der Waals surface area contributed by atoms with Crippen molar-refractivity contribution in [3.63, 3.8) is 0 Å². The van der Waals surface area contributed by atoms with Crippen LogP contribution in [0.5, 0.6) is 5.75 Å². The molecule has 18 heavy (non-hydrogen) atoms. The first kappa shape index (κ1) is 11.8. The van der Waals surface area contributed by atoms with Crippen LogP contribution in [0.2, 0.25) is 0 Å². The number of nitrogen functional groups attached to an aromatic ring is 1. The molecule has 96 valence electrons. The van der Waals surface area contributed by atoms with Crippen molar-refractivity contribution in [1.29, 1.82) is 0 Å². The normalized spacial score (nSPS) is 17.8. The van der Waals surface area contributed by atoms with Crippen LogP contribution < -0.4 is 10.5 Å². The van der Waals surface area contributed by atoms with E-state index in [0.29, 0.717) is 11.8 Å². The van der Waals surface area contributed by atoms with Crippen molar-refractivity contribution in [1.82, 2.24) is 4.98 Å². The molecule has 2 N–H and O–H groups in total. The van der Waals surface area contributed by atoms with Crippen LogP contribution in [0.3, 0.4) is 0 Å². The minimum atomic E-state index is 0.325. The van der Waals surface area contributed by atoms with Crippen LogP contribution in [0.25, 0.3) is 10.2 Å². The van der Waals surface area contributed by atoms with Gasteiger partial charge in [-0.2, -0.15) is 0 Å². The summed E-state index contributed by atoms with van der Waals surface area (Å²) in [6.45, 7) is 0. The molecule has 0 aliphatic heterocycles. The highest BCUT2D eigenvalue weighted by molar-refractivity contribution is 7.16. The van der Waals surface area contributed by atoms with E-state index in [1.54, 1.807) is 11.3 Å². The van der Waals surface area contributed by atoms with Gasteiger partial charge in [0.2, 0.25) is 0 Å². The maximum atomic E-state index is 6.14. The molecule has 0 radical (unpaired) electrons. The molecular formula is C14H18N2OS. The highest BCUT2D eigenvalue weighted by Gasteiger charge is 2.16. The second kappa shape index (κ2) is 5.14. The molecule has 1 aliphatic rings. The van der Waals surface area contributed by atoms with Gasteiger partial charge in [0.1, 0.15) is 17.0 Å². The zero-order valence-electron chi connectivity index (χ0n) is 10.4. The van der Waals surface area contributed by atoms with Gasteiger partial charge in [-0.3, -0.25) is 0 Å². The molecule has 0 atom stereocenters. The third kappa shape index (κ3) is 2.29. The molecule has 0 amide bonds. The van der Waals surface area contributed by atoms with Crippen LogP contribution in [0, 0.1) is 0 Å². The highest BCUT2D eigenvalue weighted by atomic mass is 32.1. The van der Waals surface area contributed by atoms with E-state index in [0.717, 1.165) is 28.8 Å². The molecule has 2 aromatic rings. The zero-order chi connectivity index (χ0) is 12.4. The Morgan fingerprint density at radius 2 is 1.94 bits per heavy atom. The first-order valence-corrected chi connectivity index (χ1v) is 7.51. The van der Waals surface area contributed by atoms with Gasteiger partial charge in [0.25, 0.3) is 0 Å². The minimum Gasteiger partial charge on any atom is -0.488 e. The van der Waals surface area contributed by atoms with Crippen molar-refractivity contribution in [2.45, 2.75) is 44.6 Å². The number of rotatable bonds is 2. The highest BCUT2D eigenvalue weighted by Crippen LogP contribution is 2.33. The molecule has 4 heteroatoms. The summed E-state index contributed by atoms with van der Waals surface area (Å²) >= 11 is 1.61. The van der Waals surface area contributed by atoms with E-state index < -0.39 is 0 Å². The van der Waals surface area contributed by atoms with E-state index in [1.807, 2.05) is 11.6 Å². The number of nitrogens with two attached hydrogens (primary N) is 1. The van der Waals surface area contributed by atoms with Gasteiger partial charge in [0.15, 0.2) is 0 Å². The predicted octanol–water partition coefficient (Wildman–Crippen LogP) is 3.98. The lowest BCUT2D eigenvalue weighted by molar-refractivity contribution is 0.185. The number of ether oxygens (including phenoxy) is 1. The molecule has 1 fully saturated rings. The zero-order valence-corrected chi connectivity index (χ0v) is 11.2. The maximum Gasteiger partial charge on any atom is 0.144 e. The van der Waals surface area contributed by atoms with Crippen LogP contribution in [-0.4, -0.2) is 11.1 Å². The van der Waals surface area contributed by atoms with E-state index in [4.69, 9.17) is 10.5 Å². The van der Waals surface area contributed by atoms with Gasteiger partial charge in [-0.15, -0.1) is 11.3 Å². The fourth-order valence-electron chi connectivity index (χ4n) is 2.58. The summed E-state index contributed by atoms with van der Waals surface area (Å²) in [7, 11) is 0. The third-order valence-electron chi connectivity index (χ3n) is 3.60. The van der Waals surface area contributed by atoms with Gasteiger partial charge in [0, 0.05) is 0 Å². The molecule has 1 aromatic heterocycles. The van der Waals surface area contributed by atoms with Crippen LogP contribution in [-0.2, 0) is 0 Å². The number of benzene rings is 1. The third-order valence-corrected chi connectivity index (χ3v) is 4.39. The smallest absolute Gasteiger partial charge is 0.144 e. The van der Waals surface area contributed by atoms with Crippen molar-refractivity contribution in [3.05, 3.63) is 17.6 Å². The standard InChI is InChI=1S/C14H18N2OS/c15-13-11(7-8-12-14(13)16-9-18-12)17-10-5-3-1-2-4-6-10/h7-10H,1-6,15H2. The number of thiazole rings is 1. The van der Waals surface area contributed by atoms with Crippen LogP contribution >= 0.6 is 11.3 Å². The summed E-state index contributed by atoms with van der Waals surface area (Å²) in [6.07, 6.45) is 7.82. The Morgan fingerprint density at radius 1 is 1.17 bits per heavy atom. The van der Waals surface area contributed by atoms with E-state index in [9.17, 15) is 0 Å². The topological polar surface area (TPSA) is 48.1 Å². The molecular weight excluding hydrogens is 244 g/mol. The molecule has 3 rings (SSSR count). The number of hydrogen-bond acceptors (Lipinski definition) is 4. The Labute approximate surface area is 111 Å². The summed E-state index contributed by atoms with van der Waals surface area (Å²) < 4.78 is 7.21. The monoisotopic (exact) mass is 262 g/mol. The summed E-state index contributed by atoms with van der Waals surface area (Å²) in [5, 5.41) is 0. The molecule has 0 unspecified atom stereocenters. The lowest BCUT2D eigenvalue weighted by Gasteiger charge is -2.18.